The first-order chi connectivity index (χ1) is 9.97. The first-order valence-electron chi connectivity index (χ1n) is 6.36. The summed E-state index contributed by atoms with van der Waals surface area (Å²) in [6, 6.07) is 9.64. The van der Waals surface area contributed by atoms with Gasteiger partial charge in [-0.15, -0.1) is 0 Å². The van der Waals surface area contributed by atoms with E-state index in [9.17, 15) is 0 Å². The summed E-state index contributed by atoms with van der Waals surface area (Å²) in [6.45, 7) is 3.96. The first-order valence-corrected chi connectivity index (χ1v) is 7.91. The molecule has 106 valence electrons. The number of rotatable bonds is 1. The topological polar surface area (TPSA) is 25.8 Å². The molecule has 3 rings (SSSR count). The van der Waals surface area contributed by atoms with Gasteiger partial charge in [0.15, 0.2) is 5.82 Å². The van der Waals surface area contributed by atoms with E-state index >= 15 is 0 Å². The molecule has 2 aromatic carbocycles. The maximum absolute atomic E-state index is 6.34. The zero-order valence-electron chi connectivity index (χ0n) is 11.4. The highest BCUT2D eigenvalue weighted by Crippen LogP contribution is 2.32. The van der Waals surface area contributed by atoms with Crippen LogP contribution in [-0.4, -0.2) is 9.97 Å². The number of hydrogen-bond acceptors (Lipinski definition) is 2. The third kappa shape index (κ3) is 2.66. The molecule has 1 heterocycles. The molecule has 3 aromatic rings. The lowest BCUT2D eigenvalue weighted by Gasteiger charge is -2.10. The lowest BCUT2D eigenvalue weighted by atomic mass is 10.1. The van der Waals surface area contributed by atoms with E-state index in [0.717, 1.165) is 32.1 Å². The zero-order valence-corrected chi connectivity index (χ0v) is 14.5. The van der Waals surface area contributed by atoms with Crippen molar-refractivity contribution in [3.8, 4) is 11.4 Å². The normalized spacial score (nSPS) is 11.1. The molecule has 0 aliphatic carbocycles. The van der Waals surface area contributed by atoms with Gasteiger partial charge in [0.25, 0.3) is 0 Å². The van der Waals surface area contributed by atoms with Crippen molar-refractivity contribution in [2.24, 2.45) is 0 Å². The van der Waals surface area contributed by atoms with Crippen molar-refractivity contribution in [1.29, 1.82) is 0 Å². The number of aryl methyl sites for hydroxylation is 1. The molecule has 0 saturated carbocycles. The average molecular weight is 382 g/mol. The van der Waals surface area contributed by atoms with Crippen molar-refractivity contribution >= 4 is 50.0 Å². The van der Waals surface area contributed by atoms with E-state index in [1.807, 2.05) is 44.2 Å². The van der Waals surface area contributed by atoms with Crippen LogP contribution in [0.15, 0.2) is 34.8 Å². The second-order valence-electron chi connectivity index (χ2n) is 4.87. The van der Waals surface area contributed by atoms with Gasteiger partial charge in [0.2, 0.25) is 0 Å². The van der Waals surface area contributed by atoms with E-state index in [0.29, 0.717) is 16.0 Å². The molecule has 0 aliphatic heterocycles. The number of benzene rings is 2. The maximum atomic E-state index is 6.34. The highest BCUT2D eigenvalue weighted by Gasteiger charge is 2.13. The molecule has 0 atom stereocenters. The van der Waals surface area contributed by atoms with Crippen LogP contribution in [0, 0.1) is 13.8 Å². The Hall–Kier alpha value is -1.16. The molecule has 0 aliphatic rings. The Bertz CT molecular complexity index is 863. The maximum Gasteiger partial charge on any atom is 0.161 e. The Balaban J connectivity index is 2.33. The summed E-state index contributed by atoms with van der Waals surface area (Å²) >= 11 is 16.0. The van der Waals surface area contributed by atoms with E-state index in [1.165, 1.54) is 0 Å². The SMILES string of the molecule is Cc1c(Cl)cccc1-c1nc(Cl)c2cc(Br)cc(C)c2n1. The molecule has 0 saturated heterocycles. The summed E-state index contributed by atoms with van der Waals surface area (Å²) in [5.41, 5.74) is 3.75. The summed E-state index contributed by atoms with van der Waals surface area (Å²) in [5.74, 6) is 0.595. The smallest absolute Gasteiger partial charge is 0.161 e. The molecule has 0 spiro atoms. The minimum absolute atomic E-state index is 0.443. The number of halogens is 3. The van der Waals surface area contributed by atoms with Gasteiger partial charge in [-0.3, -0.25) is 0 Å². The largest absolute Gasteiger partial charge is 0.228 e. The van der Waals surface area contributed by atoms with E-state index in [-0.39, 0.29) is 0 Å². The van der Waals surface area contributed by atoms with Crippen molar-refractivity contribution in [3.63, 3.8) is 0 Å². The fourth-order valence-electron chi connectivity index (χ4n) is 2.30. The van der Waals surface area contributed by atoms with Gasteiger partial charge in [-0.1, -0.05) is 51.3 Å². The van der Waals surface area contributed by atoms with Crippen LogP contribution in [0.3, 0.4) is 0 Å². The zero-order chi connectivity index (χ0) is 15.1. The van der Waals surface area contributed by atoms with Gasteiger partial charge in [-0.2, -0.15) is 0 Å². The van der Waals surface area contributed by atoms with Crippen molar-refractivity contribution in [1.82, 2.24) is 9.97 Å². The minimum atomic E-state index is 0.443. The molecular weight excluding hydrogens is 371 g/mol. The molecule has 5 heteroatoms. The number of nitrogens with zero attached hydrogens (tertiary/aromatic N) is 2. The van der Waals surface area contributed by atoms with E-state index in [1.54, 1.807) is 0 Å². The lowest BCUT2D eigenvalue weighted by Crippen LogP contribution is -1.96. The lowest BCUT2D eigenvalue weighted by molar-refractivity contribution is 1.20. The summed E-state index contributed by atoms with van der Waals surface area (Å²) in [4.78, 5) is 9.10. The molecule has 0 bridgehead atoms. The highest BCUT2D eigenvalue weighted by molar-refractivity contribution is 9.10. The Morgan fingerprint density at radius 1 is 1.05 bits per heavy atom. The number of aromatic nitrogens is 2. The van der Waals surface area contributed by atoms with Gasteiger partial charge in [-0.25, -0.2) is 9.97 Å². The number of hydrogen-bond donors (Lipinski definition) is 0. The summed E-state index contributed by atoms with van der Waals surface area (Å²) in [6.07, 6.45) is 0. The monoisotopic (exact) mass is 380 g/mol. The molecule has 0 unspecified atom stereocenters. The molecule has 2 nitrogen and oxygen atoms in total. The van der Waals surface area contributed by atoms with E-state index in [4.69, 9.17) is 23.2 Å². The standard InChI is InChI=1S/C16H11BrCl2N2/c1-8-6-10(17)7-12-14(8)20-16(21-15(12)19)11-4-3-5-13(18)9(11)2/h3-7H,1-2H3. The van der Waals surface area contributed by atoms with E-state index in [2.05, 4.69) is 25.9 Å². The van der Waals surface area contributed by atoms with Gasteiger partial charge in [0.1, 0.15) is 5.15 Å². The summed E-state index contributed by atoms with van der Waals surface area (Å²) in [7, 11) is 0. The molecule has 1 aromatic heterocycles. The van der Waals surface area contributed by atoms with Crippen molar-refractivity contribution in [2.75, 3.05) is 0 Å². The van der Waals surface area contributed by atoms with Gasteiger partial charge in [0, 0.05) is 20.4 Å². The van der Waals surface area contributed by atoms with Crippen LogP contribution < -0.4 is 0 Å². The second-order valence-corrected chi connectivity index (χ2v) is 6.55. The molecule has 0 amide bonds. The predicted molar refractivity (Wildman–Crippen MR) is 92.2 cm³/mol. The van der Waals surface area contributed by atoms with Crippen LogP contribution in [-0.2, 0) is 0 Å². The van der Waals surface area contributed by atoms with Crippen molar-refractivity contribution in [2.45, 2.75) is 13.8 Å². The number of fused-ring (bicyclic) bond motifs is 1. The van der Waals surface area contributed by atoms with Crippen LogP contribution in [0.4, 0.5) is 0 Å². The van der Waals surface area contributed by atoms with Crippen molar-refractivity contribution in [3.05, 3.63) is 56.1 Å². The minimum Gasteiger partial charge on any atom is -0.228 e. The molecule has 21 heavy (non-hydrogen) atoms. The third-order valence-electron chi connectivity index (χ3n) is 3.42. The quantitative estimate of drug-likeness (QED) is 0.484. The summed E-state index contributed by atoms with van der Waals surface area (Å²) < 4.78 is 0.963. The van der Waals surface area contributed by atoms with Crippen LogP contribution in [0.25, 0.3) is 22.3 Å². The second kappa shape index (κ2) is 5.56. The van der Waals surface area contributed by atoms with Gasteiger partial charge in [0.05, 0.1) is 5.52 Å². The fourth-order valence-corrected chi connectivity index (χ4v) is 3.27. The van der Waals surface area contributed by atoms with Crippen LogP contribution >= 0.6 is 39.1 Å². The Morgan fingerprint density at radius 2 is 1.81 bits per heavy atom. The van der Waals surface area contributed by atoms with Gasteiger partial charge in [-0.05, 0) is 43.2 Å². The fraction of sp³-hybridized carbons (Fsp3) is 0.125. The Kier molecular flexibility index (Phi) is 3.91. The molecular formula is C16H11BrCl2N2. The van der Waals surface area contributed by atoms with Crippen molar-refractivity contribution < 1.29 is 0 Å². The van der Waals surface area contributed by atoms with E-state index < -0.39 is 0 Å². The highest BCUT2D eigenvalue weighted by atomic mass is 79.9. The summed E-state index contributed by atoms with van der Waals surface area (Å²) in [5, 5.41) is 1.98. The van der Waals surface area contributed by atoms with Crippen LogP contribution in [0.2, 0.25) is 10.2 Å². The van der Waals surface area contributed by atoms with Crippen LogP contribution in [0.1, 0.15) is 11.1 Å². The molecule has 0 fully saturated rings. The molecule has 0 radical (unpaired) electrons. The Labute approximate surface area is 141 Å². The van der Waals surface area contributed by atoms with Crippen LogP contribution in [0.5, 0.6) is 0 Å². The van der Waals surface area contributed by atoms with Gasteiger partial charge < -0.3 is 0 Å². The third-order valence-corrected chi connectivity index (χ3v) is 4.57. The Morgan fingerprint density at radius 3 is 2.57 bits per heavy atom. The average Bonchev–Trinajstić information content (AvgIpc) is 2.43. The first kappa shape index (κ1) is 14.8. The van der Waals surface area contributed by atoms with Gasteiger partial charge >= 0.3 is 0 Å². The predicted octanol–water partition coefficient (Wildman–Crippen LogP) is 5.98. The molecule has 0 N–H and O–H groups in total.